The van der Waals surface area contributed by atoms with Gasteiger partial charge in [0.2, 0.25) is 0 Å². The van der Waals surface area contributed by atoms with Crippen molar-refractivity contribution < 1.29 is 18.7 Å². The molecule has 0 aliphatic rings. The van der Waals surface area contributed by atoms with Crippen LogP contribution >= 0.6 is 0 Å². The summed E-state index contributed by atoms with van der Waals surface area (Å²) in [7, 11) is 0. The number of carboxylic acids is 1. The summed E-state index contributed by atoms with van der Waals surface area (Å²) in [5.41, 5.74) is -1.12. The van der Waals surface area contributed by atoms with Crippen molar-refractivity contribution in [3.63, 3.8) is 0 Å². The van der Waals surface area contributed by atoms with E-state index in [0.717, 1.165) is 12.1 Å². The molecule has 5 heteroatoms. The third-order valence-electron chi connectivity index (χ3n) is 1.65. The molecule has 0 unspecified atom stereocenters. The summed E-state index contributed by atoms with van der Waals surface area (Å²) in [5.74, 6) is -6.29. The molecule has 1 N–H and O–H groups in total. The van der Waals surface area contributed by atoms with Gasteiger partial charge in [0.25, 0.3) is 0 Å². The molecule has 0 aliphatic carbocycles. The highest BCUT2D eigenvalue weighted by Gasteiger charge is 2.42. The number of nitrogens with zero attached hydrogens (tertiary/aromatic N) is 1. The second-order valence-electron chi connectivity index (χ2n) is 2.54. The molecule has 0 fully saturated rings. The monoisotopic (exact) mass is 197 g/mol. The standard InChI is InChI=1S/C9H5F2NO2/c10-9(11,8(13)14)7-4-2-1-3-6(7)5-12/h1-4H,(H,13,14). The Balaban J connectivity index is 3.33. The van der Waals surface area contributed by atoms with Crippen LogP contribution in [-0.2, 0) is 10.7 Å². The molecular formula is C9H5F2NO2. The molecule has 0 saturated heterocycles. The van der Waals surface area contributed by atoms with Gasteiger partial charge in [0, 0.05) is 0 Å². The van der Waals surface area contributed by atoms with E-state index in [1.54, 1.807) is 0 Å². The molecular weight excluding hydrogens is 192 g/mol. The molecule has 1 aromatic carbocycles. The average Bonchev–Trinajstić information content (AvgIpc) is 2.17. The quantitative estimate of drug-likeness (QED) is 0.785. The summed E-state index contributed by atoms with van der Waals surface area (Å²) >= 11 is 0. The highest BCUT2D eigenvalue weighted by Crippen LogP contribution is 2.30. The zero-order valence-electron chi connectivity index (χ0n) is 6.87. The highest BCUT2D eigenvalue weighted by atomic mass is 19.3. The number of carboxylic acid groups (broad SMARTS) is 1. The molecule has 0 radical (unpaired) electrons. The Bertz CT molecular complexity index is 410. The van der Waals surface area contributed by atoms with Crippen LogP contribution in [0.2, 0.25) is 0 Å². The van der Waals surface area contributed by atoms with Crippen LogP contribution in [0.5, 0.6) is 0 Å². The Morgan fingerprint density at radius 3 is 2.50 bits per heavy atom. The van der Waals surface area contributed by atoms with Crippen molar-refractivity contribution in [2.24, 2.45) is 0 Å². The number of aliphatic carboxylic acids is 1. The van der Waals surface area contributed by atoms with E-state index < -0.39 is 17.5 Å². The molecule has 3 nitrogen and oxygen atoms in total. The summed E-state index contributed by atoms with van der Waals surface area (Å²) in [6, 6.07) is 6.23. The van der Waals surface area contributed by atoms with Gasteiger partial charge in [-0.3, -0.25) is 0 Å². The lowest BCUT2D eigenvalue weighted by molar-refractivity contribution is -0.166. The number of hydrogen-bond acceptors (Lipinski definition) is 2. The van der Waals surface area contributed by atoms with Crippen LogP contribution < -0.4 is 0 Å². The fourth-order valence-electron chi connectivity index (χ4n) is 0.970. The van der Waals surface area contributed by atoms with Gasteiger partial charge >= 0.3 is 11.9 Å². The van der Waals surface area contributed by atoms with E-state index in [-0.39, 0.29) is 5.56 Å². The van der Waals surface area contributed by atoms with E-state index in [1.807, 2.05) is 0 Å². The van der Waals surface area contributed by atoms with Gasteiger partial charge in [-0.15, -0.1) is 0 Å². The van der Waals surface area contributed by atoms with Gasteiger partial charge in [-0.1, -0.05) is 18.2 Å². The highest BCUT2D eigenvalue weighted by molar-refractivity contribution is 5.78. The van der Waals surface area contributed by atoms with Crippen LogP contribution in [0.15, 0.2) is 24.3 Å². The van der Waals surface area contributed by atoms with E-state index in [1.165, 1.54) is 18.2 Å². The van der Waals surface area contributed by atoms with Gasteiger partial charge in [0.05, 0.1) is 17.2 Å². The largest absolute Gasteiger partial charge is 0.477 e. The lowest BCUT2D eigenvalue weighted by Gasteiger charge is -2.12. The van der Waals surface area contributed by atoms with Crippen LogP contribution in [0, 0.1) is 11.3 Å². The Morgan fingerprint density at radius 1 is 1.43 bits per heavy atom. The molecule has 0 amide bonds. The number of carbonyl (C=O) groups is 1. The van der Waals surface area contributed by atoms with E-state index in [9.17, 15) is 13.6 Å². The van der Waals surface area contributed by atoms with Crippen LogP contribution in [0.1, 0.15) is 11.1 Å². The SMILES string of the molecule is N#Cc1ccccc1C(F)(F)C(=O)O. The van der Waals surface area contributed by atoms with Crippen molar-refractivity contribution in [2.75, 3.05) is 0 Å². The summed E-state index contributed by atoms with van der Waals surface area (Å²) in [6.07, 6.45) is 0. The molecule has 0 heterocycles. The van der Waals surface area contributed by atoms with Crippen LogP contribution in [0.3, 0.4) is 0 Å². The zero-order chi connectivity index (χ0) is 10.8. The number of rotatable bonds is 2. The Morgan fingerprint density at radius 2 is 2.00 bits per heavy atom. The second-order valence-corrected chi connectivity index (χ2v) is 2.54. The number of alkyl halides is 2. The fraction of sp³-hybridized carbons (Fsp3) is 0.111. The lowest BCUT2D eigenvalue weighted by Crippen LogP contribution is -2.26. The van der Waals surface area contributed by atoms with E-state index in [2.05, 4.69) is 0 Å². The van der Waals surface area contributed by atoms with Gasteiger partial charge in [-0.2, -0.15) is 14.0 Å². The van der Waals surface area contributed by atoms with Crippen molar-refractivity contribution in [2.45, 2.75) is 5.92 Å². The minimum absolute atomic E-state index is 0.333. The molecule has 72 valence electrons. The first-order valence-corrected chi connectivity index (χ1v) is 3.61. The molecule has 1 rings (SSSR count). The Hall–Kier alpha value is -1.96. The second kappa shape index (κ2) is 3.42. The van der Waals surface area contributed by atoms with Crippen molar-refractivity contribution in [1.29, 1.82) is 5.26 Å². The van der Waals surface area contributed by atoms with Crippen LogP contribution in [0.4, 0.5) is 8.78 Å². The maximum atomic E-state index is 13.0. The van der Waals surface area contributed by atoms with Crippen molar-refractivity contribution in [1.82, 2.24) is 0 Å². The number of hydrogen-bond donors (Lipinski definition) is 1. The average molecular weight is 197 g/mol. The van der Waals surface area contributed by atoms with Crippen LogP contribution in [0.25, 0.3) is 0 Å². The first kappa shape index (κ1) is 10.1. The normalized spacial score (nSPS) is 10.6. The number of nitriles is 1. The predicted molar refractivity (Wildman–Crippen MR) is 42.7 cm³/mol. The van der Waals surface area contributed by atoms with Gasteiger partial charge < -0.3 is 5.11 Å². The topological polar surface area (TPSA) is 61.1 Å². The first-order chi connectivity index (χ1) is 6.50. The van der Waals surface area contributed by atoms with E-state index in [0.29, 0.717) is 0 Å². The fourth-order valence-corrected chi connectivity index (χ4v) is 0.970. The number of benzene rings is 1. The minimum atomic E-state index is -4.02. The van der Waals surface area contributed by atoms with Gasteiger partial charge in [-0.25, -0.2) is 4.79 Å². The lowest BCUT2D eigenvalue weighted by atomic mass is 10.0. The molecule has 0 bridgehead atoms. The molecule has 0 aliphatic heterocycles. The molecule has 0 saturated carbocycles. The summed E-state index contributed by atoms with van der Waals surface area (Å²) in [6.45, 7) is 0. The third kappa shape index (κ3) is 1.55. The first-order valence-electron chi connectivity index (χ1n) is 3.61. The molecule has 0 spiro atoms. The van der Waals surface area contributed by atoms with Crippen LogP contribution in [-0.4, -0.2) is 11.1 Å². The summed E-state index contributed by atoms with van der Waals surface area (Å²) < 4.78 is 26.0. The van der Waals surface area contributed by atoms with Gasteiger partial charge in [0.1, 0.15) is 0 Å². The van der Waals surface area contributed by atoms with Crippen molar-refractivity contribution >= 4 is 5.97 Å². The Kier molecular flexibility index (Phi) is 2.47. The third-order valence-corrected chi connectivity index (χ3v) is 1.65. The van der Waals surface area contributed by atoms with E-state index in [4.69, 9.17) is 10.4 Å². The minimum Gasteiger partial charge on any atom is -0.477 e. The summed E-state index contributed by atoms with van der Waals surface area (Å²) in [4.78, 5) is 10.2. The molecule has 14 heavy (non-hydrogen) atoms. The number of halogens is 2. The maximum absolute atomic E-state index is 13.0. The molecule has 0 aromatic heterocycles. The van der Waals surface area contributed by atoms with Crippen molar-refractivity contribution in [3.05, 3.63) is 35.4 Å². The smallest absolute Gasteiger partial charge is 0.379 e. The molecule has 1 aromatic rings. The van der Waals surface area contributed by atoms with Gasteiger partial charge in [0.15, 0.2) is 0 Å². The molecule has 0 atom stereocenters. The predicted octanol–water partition coefficient (Wildman–Crippen LogP) is 1.73. The zero-order valence-corrected chi connectivity index (χ0v) is 6.87. The maximum Gasteiger partial charge on any atom is 0.379 e. The Labute approximate surface area is 78.2 Å². The van der Waals surface area contributed by atoms with E-state index >= 15 is 0 Å². The van der Waals surface area contributed by atoms with Gasteiger partial charge in [-0.05, 0) is 6.07 Å². The summed E-state index contributed by atoms with van der Waals surface area (Å²) in [5, 5.41) is 16.7. The van der Waals surface area contributed by atoms with Crippen molar-refractivity contribution in [3.8, 4) is 6.07 Å².